The summed E-state index contributed by atoms with van der Waals surface area (Å²) in [6, 6.07) is 8.24. The molecule has 156 valence electrons. The monoisotopic (exact) mass is 494 g/mol. The minimum atomic E-state index is -0.610. The topological polar surface area (TPSA) is 95.9 Å². The molecule has 3 rings (SSSR count). The van der Waals surface area contributed by atoms with Crippen molar-refractivity contribution in [3.05, 3.63) is 57.2 Å². The van der Waals surface area contributed by atoms with E-state index >= 15 is 0 Å². The molecule has 1 heterocycles. The van der Waals surface area contributed by atoms with Gasteiger partial charge >= 0.3 is 0 Å². The van der Waals surface area contributed by atoms with Crippen molar-refractivity contribution in [2.45, 2.75) is 6.92 Å². The molecule has 10 heteroatoms. The molecule has 1 fully saturated rings. The Morgan fingerprint density at radius 1 is 1.30 bits per heavy atom. The van der Waals surface area contributed by atoms with Gasteiger partial charge in [-0.15, -0.1) is 0 Å². The van der Waals surface area contributed by atoms with Crippen LogP contribution >= 0.6 is 27.7 Å². The first kappa shape index (κ1) is 21.8. The zero-order valence-electron chi connectivity index (χ0n) is 15.6. The van der Waals surface area contributed by atoms with E-state index in [2.05, 4.69) is 21.2 Å². The molecule has 2 aromatic rings. The lowest BCUT2D eigenvalue weighted by Crippen LogP contribution is -2.36. The van der Waals surface area contributed by atoms with Crippen molar-refractivity contribution in [1.82, 2.24) is 4.90 Å². The molecule has 3 amide bonds. The van der Waals surface area contributed by atoms with Crippen molar-refractivity contribution in [2.24, 2.45) is 0 Å². The number of carbonyl (C=O) groups is 3. The summed E-state index contributed by atoms with van der Waals surface area (Å²) in [4.78, 5) is 38.0. The first-order valence-corrected chi connectivity index (χ1v) is 10.4. The van der Waals surface area contributed by atoms with E-state index in [1.54, 1.807) is 19.1 Å². The van der Waals surface area contributed by atoms with E-state index < -0.39 is 29.4 Å². The van der Waals surface area contributed by atoms with Crippen LogP contribution in [0.1, 0.15) is 12.5 Å². The quantitative estimate of drug-likeness (QED) is 0.578. The molecular weight excluding hydrogens is 479 g/mol. The summed E-state index contributed by atoms with van der Waals surface area (Å²) in [5, 5.41) is 11.9. The number of halogens is 2. The van der Waals surface area contributed by atoms with Gasteiger partial charge in [0.05, 0.1) is 16.0 Å². The fraction of sp³-hybridized carbons (Fsp3) is 0.150. The number of rotatable bonds is 6. The van der Waals surface area contributed by atoms with E-state index in [0.717, 1.165) is 4.90 Å². The highest BCUT2D eigenvalue weighted by atomic mass is 79.9. The molecule has 0 aromatic heterocycles. The second-order valence-corrected chi connectivity index (χ2v) is 7.95. The molecule has 2 N–H and O–H groups in total. The Balaban J connectivity index is 1.74. The number of hydrogen-bond acceptors (Lipinski definition) is 6. The van der Waals surface area contributed by atoms with Crippen LogP contribution in [0.25, 0.3) is 6.08 Å². The smallest absolute Gasteiger partial charge is 0.294 e. The van der Waals surface area contributed by atoms with Gasteiger partial charge in [-0.2, -0.15) is 0 Å². The summed E-state index contributed by atoms with van der Waals surface area (Å²) in [5.41, 5.74) is 0.880. The second-order valence-electron chi connectivity index (χ2n) is 6.11. The van der Waals surface area contributed by atoms with Crippen molar-refractivity contribution < 1.29 is 28.6 Å². The molecule has 0 spiro atoms. The van der Waals surface area contributed by atoms with E-state index in [-0.39, 0.29) is 16.4 Å². The lowest BCUT2D eigenvalue weighted by molar-refractivity contribution is -0.127. The highest BCUT2D eigenvalue weighted by Crippen LogP contribution is 2.38. The van der Waals surface area contributed by atoms with Crippen LogP contribution in [0.5, 0.6) is 11.5 Å². The molecule has 0 atom stereocenters. The van der Waals surface area contributed by atoms with E-state index in [1.807, 2.05) is 0 Å². The number of carbonyl (C=O) groups excluding carboxylic acids is 3. The molecule has 1 saturated heterocycles. The van der Waals surface area contributed by atoms with Crippen LogP contribution in [0.3, 0.4) is 0 Å². The minimum absolute atomic E-state index is 0.0698. The van der Waals surface area contributed by atoms with Gasteiger partial charge in [-0.3, -0.25) is 19.3 Å². The summed E-state index contributed by atoms with van der Waals surface area (Å²) in [5.74, 6) is -1.48. The van der Waals surface area contributed by atoms with Crippen LogP contribution in [-0.2, 0) is 9.59 Å². The van der Waals surface area contributed by atoms with Crippen LogP contribution in [0, 0.1) is 5.82 Å². The molecule has 7 nitrogen and oxygen atoms in total. The number of phenols is 1. The number of ether oxygens (including phenoxy) is 1. The van der Waals surface area contributed by atoms with Gasteiger partial charge in [0.25, 0.3) is 11.1 Å². The number of aromatic hydroxyl groups is 1. The number of phenolic OH excluding ortho intramolecular Hbond substituents is 1. The number of thioether (sulfide) groups is 1. The first-order chi connectivity index (χ1) is 14.3. The largest absolute Gasteiger partial charge is 0.503 e. The van der Waals surface area contributed by atoms with Gasteiger partial charge in [0.2, 0.25) is 5.91 Å². The molecule has 0 radical (unpaired) electrons. The summed E-state index contributed by atoms with van der Waals surface area (Å²) in [6.45, 7) is 1.63. The van der Waals surface area contributed by atoms with Gasteiger partial charge in [0.1, 0.15) is 12.4 Å². The average Bonchev–Trinajstić information content (AvgIpc) is 2.95. The molecule has 0 unspecified atom stereocenters. The normalized spacial score (nSPS) is 15.0. The molecule has 2 aromatic carbocycles. The number of amides is 3. The van der Waals surface area contributed by atoms with Crippen molar-refractivity contribution in [3.63, 3.8) is 0 Å². The molecule has 0 aliphatic carbocycles. The first-order valence-electron chi connectivity index (χ1n) is 8.74. The Hall–Kier alpha value is -2.85. The van der Waals surface area contributed by atoms with Crippen molar-refractivity contribution in [2.75, 3.05) is 18.5 Å². The van der Waals surface area contributed by atoms with Gasteiger partial charge in [0.15, 0.2) is 11.5 Å². The number of nitrogens with zero attached hydrogens (tertiary/aromatic N) is 1. The Kier molecular flexibility index (Phi) is 6.78. The van der Waals surface area contributed by atoms with Gasteiger partial charge in [0, 0.05) is 5.69 Å². The van der Waals surface area contributed by atoms with Gasteiger partial charge in [-0.25, -0.2) is 4.39 Å². The van der Waals surface area contributed by atoms with E-state index in [9.17, 15) is 23.9 Å². The molecule has 0 bridgehead atoms. The number of nitrogens with one attached hydrogen (secondary N) is 1. The zero-order chi connectivity index (χ0) is 21.8. The SMILES string of the molecule is CCOc1cc(/C=C2\SC(=O)N(CC(=O)Nc3ccc(F)cc3)C2=O)cc(Br)c1O. The minimum Gasteiger partial charge on any atom is -0.503 e. The van der Waals surface area contributed by atoms with Crippen molar-refractivity contribution >= 4 is 56.5 Å². The van der Waals surface area contributed by atoms with Crippen LogP contribution in [-0.4, -0.2) is 40.2 Å². The summed E-state index contributed by atoms with van der Waals surface area (Å²) in [7, 11) is 0. The summed E-state index contributed by atoms with van der Waals surface area (Å²) in [6.07, 6.45) is 1.48. The number of imide groups is 1. The zero-order valence-corrected chi connectivity index (χ0v) is 18.0. The van der Waals surface area contributed by atoms with Gasteiger partial charge in [-0.05, 0) is 82.7 Å². The molecule has 30 heavy (non-hydrogen) atoms. The van der Waals surface area contributed by atoms with Gasteiger partial charge in [-0.1, -0.05) is 0 Å². The van der Waals surface area contributed by atoms with Crippen LogP contribution in [0.15, 0.2) is 45.8 Å². The molecule has 0 saturated carbocycles. The molecular formula is C20H16BrFN2O5S. The molecule has 1 aliphatic rings. The predicted octanol–water partition coefficient (Wildman–Crippen LogP) is 4.37. The van der Waals surface area contributed by atoms with Crippen LogP contribution in [0.4, 0.5) is 14.9 Å². The third kappa shape index (κ3) is 5.00. The Bertz CT molecular complexity index is 1040. The number of anilines is 1. The standard InChI is InChI=1S/C20H16BrFN2O5S/c1-2-29-15-8-11(7-14(21)18(15)26)9-16-19(27)24(20(28)30-16)10-17(25)23-13-5-3-12(22)4-6-13/h3-9,26H,2,10H2,1H3,(H,23,25)/b16-9-. The summed E-state index contributed by atoms with van der Waals surface area (Å²) < 4.78 is 18.7. The highest BCUT2D eigenvalue weighted by molar-refractivity contribution is 9.10. The fourth-order valence-electron chi connectivity index (χ4n) is 2.61. The van der Waals surface area contributed by atoms with E-state index in [1.165, 1.54) is 30.3 Å². The Morgan fingerprint density at radius 2 is 2.00 bits per heavy atom. The Morgan fingerprint density at radius 3 is 2.67 bits per heavy atom. The maximum Gasteiger partial charge on any atom is 0.294 e. The summed E-state index contributed by atoms with van der Waals surface area (Å²) >= 11 is 3.93. The van der Waals surface area contributed by atoms with Crippen molar-refractivity contribution in [1.29, 1.82) is 0 Å². The fourth-order valence-corrected chi connectivity index (χ4v) is 3.91. The third-order valence-electron chi connectivity index (χ3n) is 3.95. The number of hydrogen-bond donors (Lipinski definition) is 2. The lowest BCUT2D eigenvalue weighted by atomic mass is 10.2. The second kappa shape index (κ2) is 9.31. The highest BCUT2D eigenvalue weighted by Gasteiger charge is 2.36. The van der Waals surface area contributed by atoms with Crippen LogP contribution in [0.2, 0.25) is 0 Å². The van der Waals surface area contributed by atoms with Crippen LogP contribution < -0.4 is 10.1 Å². The lowest BCUT2D eigenvalue weighted by Gasteiger charge is -2.12. The number of benzene rings is 2. The third-order valence-corrected chi connectivity index (χ3v) is 5.46. The van der Waals surface area contributed by atoms with Gasteiger partial charge < -0.3 is 15.2 Å². The van der Waals surface area contributed by atoms with E-state index in [0.29, 0.717) is 34.1 Å². The average molecular weight is 495 g/mol. The van der Waals surface area contributed by atoms with Crippen molar-refractivity contribution in [3.8, 4) is 11.5 Å². The Labute approximate surface area is 184 Å². The maximum atomic E-state index is 12.9. The maximum absolute atomic E-state index is 12.9. The predicted molar refractivity (Wildman–Crippen MR) is 115 cm³/mol. The van der Waals surface area contributed by atoms with E-state index in [4.69, 9.17) is 4.74 Å². The molecule has 1 aliphatic heterocycles.